The Bertz CT molecular complexity index is 699. The summed E-state index contributed by atoms with van der Waals surface area (Å²) in [6.07, 6.45) is 2.91. The number of hydrogen-bond donors (Lipinski definition) is 2. The van der Waals surface area contributed by atoms with Gasteiger partial charge in [0.1, 0.15) is 12.1 Å². The predicted molar refractivity (Wildman–Crippen MR) is 83.6 cm³/mol. The molecule has 2 aromatic rings. The summed E-state index contributed by atoms with van der Waals surface area (Å²) in [6, 6.07) is 6.44. The summed E-state index contributed by atoms with van der Waals surface area (Å²) in [5, 5.41) is 11.3. The quantitative estimate of drug-likeness (QED) is 0.848. The lowest BCUT2D eigenvalue weighted by atomic mass is 10.0. The molecule has 0 radical (unpaired) electrons. The van der Waals surface area contributed by atoms with Crippen LogP contribution in [0.3, 0.4) is 0 Å². The molecule has 0 unspecified atom stereocenters. The van der Waals surface area contributed by atoms with Crippen molar-refractivity contribution >= 4 is 17.6 Å². The Morgan fingerprint density at radius 3 is 2.57 bits per heavy atom. The van der Waals surface area contributed by atoms with Crippen molar-refractivity contribution in [1.29, 1.82) is 0 Å². The van der Waals surface area contributed by atoms with Crippen LogP contribution in [0.2, 0.25) is 0 Å². The van der Waals surface area contributed by atoms with Gasteiger partial charge in [0.05, 0.1) is 11.3 Å². The molecule has 7 heteroatoms. The van der Waals surface area contributed by atoms with Crippen LogP contribution in [0.5, 0.6) is 5.75 Å². The lowest BCUT2D eigenvalue weighted by Gasteiger charge is -2.11. The number of aromatic nitrogens is 2. The molecule has 120 valence electrons. The largest absolute Gasteiger partial charge is 0.482 e. The van der Waals surface area contributed by atoms with Crippen LogP contribution in [-0.2, 0) is 4.79 Å². The van der Waals surface area contributed by atoms with Gasteiger partial charge in [-0.1, -0.05) is 13.8 Å². The highest BCUT2D eigenvalue weighted by molar-refractivity contribution is 6.04. The Morgan fingerprint density at radius 2 is 1.96 bits per heavy atom. The van der Waals surface area contributed by atoms with E-state index < -0.39 is 12.6 Å². The predicted octanol–water partition coefficient (Wildman–Crippen LogP) is 2.32. The first-order valence-electron chi connectivity index (χ1n) is 7.03. The van der Waals surface area contributed by atoms with E-state index in [0.29, 0.717) is 22.7 Å². The lowest BCUT2D eigenvalue weighted by Crippen LogP contribution is -2.16. The third kappa shape index (κ3) is 4.50. The highest BCUT2D eigenvalue weighted by atomic mass is 16.5. The molecule has 0 atom stereocenters. The topological polar surface area (TPSA) is 101 Å². The van der Waals surface area contributed by atoms with Crippen LogP contribution in [0.1, 0.15) is 35.8 Å². The Hall–Kier alpha value is -2.96. The van der Waals surface area contributed by atoms with Gasteiger partial charge in [-0.15, -0.1) is 0 Å². The summed E-state index contributed by atoms with van der Waals surface area (Å²) in [6.45, 7) is 3.49. The second-order valence-corrected chi connectivity index (χ2v) is 5.14. The maximum absolute atomic E-state index is 12.3. The Balaban J connectivity index is 2.07. The first-order valence-corrected chi connectivity index (χ1v) is 7.03. The molecule has 2 rings (SSSR count). The monoisotopic (exact) mass is 315 g/mol. The van der Waals surface area contributed by atoms with Gasteiger partial charge >= 0.3 is 5.97 Å². The van der Waals surface area contributed by atoms with Crippen molar-refractivity contribution in [3.63, 3.8) is 0 Å². The number of carbonyl (C=O) groups is 2. The van der Waals surface area contributed by atoms with E-state index in [1.165, 1.54) is 12.5 Å². The number of ether oxygens (including phenoxy) is 1. The minimum Gasteiger partial charge on any atom is -0.482 e. The van der Waals surface area contributed by atoms with Crippen molar-refractivity contribution in [2.75, 3.05) is 11.9 Å². The maximum Gasteiger partial charge on any atom is 0.341 e. The average Bonchev–Trinajstić information content (AvgIpc) is 2.54. The van der Waals surface area contributed by atoms with Crippen molar-refractivity contribution in [2.24, 2.45) is 0 Å². The molecule has 23 heavy (non-hydrogen) atoms. The Morgan fingerprint density at radius 1 is 1.26 bits per heavy atom. The molecule has 2 N–H and O–H groups in total. The fourth-order valence-corrected chi connectivity index (χ4v) is 1.95. The summed E-state index contributed by atoms with van der Waals surface area (Å²) in [4.78, 5) is 30.8. The molecule has 0 bridgehead atoms. The minimum atomic E-state index is -1.05. The number of carbonyl (C=O) groups excluding carboxylic acids is 1. The number of hydrogen-bond acceptors (Lipinski definition) is 5. The van der Waals surface area contributed by atoms with E-state index in [0.717, 1.165) is 0 Å². The van der Waals surface area contributed by atoms with E-state index in [1.54, 1.807) is 24.3 Å². The van der Waals surface area contributed by atoms with Crippen molar-refractivity contribution in [1.82, 2.24) is 9.97 Å². The van der Waals surface area contributed by atoms with Crippen LogP contribution in [0.15, 0.2) is 36.8 Å². The van der Waals surface area contributed by atoms with Gasteiger partial charge in [-0.05, 0) is 30.2 Å². The third-order valence-electron chi connectivity index (χ3n) is 3.01. The number of nitrogens with zero attached hydrogens (tertiary/aromatic N) is 2. The number of rotatable bonds is 6. The van der Waals surface area contributed by atoms with E-state index in [-0.39, 0.29) is 11.8 Å². The summed E-state index contributed by atoms with van der Waals surface area (Å²) in [5.74, 6) is -0.831. The summed E-state index contributed by atoms with van der Waals surface area (Å²) in [5.41, 5.74) is 1.67. The number of nitrogens with one attached hydrogen (secondary N) is 1. The summed E-state index contributed by atoms with van der Waals surface area (Å²) < 4.78 is 5.03. The van der Waals surface area contributed by atoms with Gasteiger partial charge in [0.2, 0.25) is 0 Å². The number of amides is 1. The number of anilines is 1. The normalized spacial score (nSPS) is 10.4. The molecule has 7 nitrogen and oxygen atoms in total. The van der Waals surface area contributed by atoms with Crippen LogP contribution in [0.4, 0.5) is 5.69 Å². The second kappa shape index (κ2) is 7.35. The SMILES string of the molecule is CC(C)c1ncncc1C(=O)Nc1ccc(OCC(=O)O)cc1. The van der Waals surface area contributed by atoms with E-state index in [4.69, 9.17) is 9.84 Å². The maximum atomic E-state index is 12.3. The van der Waals surface area contributed by atoms with Crippen molar-refractivity contribution in [3.05, 3.63) is 48.0 Å². The van der Waals surface area contributed by atoms with Gasteiger partial charge in [0.25, 0.3) is 5.91 Å². The molecule has 0 fully saturated rings. The molecular weight excluding hydrogens is 298 g/mol. The Kier molecular flexibility index (Phi) is 5.24. The number of carboxylic acids is 1. The molecular formula is C16H17N3O4. The zero-order valence-electron chi connectivity index (χ0n) is 12.8. The van der Waals surface area contributed by atoms with E-state index in [2.05, 4.69) is 15.3 Å². The third-order valence-corrected chi connectivity index (χ3v) is 3.01. The van der Waals surface area contributed by atoms with Gasteiger partial charge in [0.15, 0.2) is 6.61 Å². The Labute approximate surface area is 133 Å². The molecule has 1 heterocycles. The van der Waals surface area contributed by atoms with Crippen LogP contribution in [0.25, 0.3) is 0 Å². The number of carboxylic acid groups (broad SMARTS) is 1. The molecule has 1 amide bonds. The zero-order valence-corrected chi connectivity index (χ0v) is 12.8. The lowest BCUT2D eigenvalue weighted by molar-refractivity contribution is -0.139. The molecule has 0 aliphatic carbocycles. The van der Waals surface area contributed by atoms with E-state index in [1.807, 2.05) is 13.8 Å². The molecule has 0 aliphatic heterocycles. The first-order chi connectivity index (χ1) is 11.0. The van der Waals surface area contributed by atoms with Crippen LogP contribution in [-0.4, -0.2) is 33.6 Å². The standard InChI is InChI=1S/C16H17N3O4/c1-10(2)15-13(7-17-9-18-15)16(22)19-11-3-5-12(6-4-11)23-8-14(20)21/h3-7,9-10H,8H2,1-2H3,(H,19,22)(H,20,21). The van der Waals surface area contributed by atoms with Crippen LogP contribution < -0.4 is 10.1 Å². The van der Waals surface area contributed by atoms with Crippen LogP contribution in [0, 0.1) is 0 Å². The summed E-state index contributed by atoms with van der Waals surface area (Å²) in [7, 11) is 0. The average molecular weight is 315 g/mol. The molecule has 0 saturated carbocycles. The molecule has 0 spiro atoms. The summed E-state index contributed by atoms with van der Waals surface area (Å²) >= 11 is 0. The van der Waals surface area contributed by atoms with Gasteiger partial charge < -0.3 is 15.2 Å². The van der Waals surface area contributed by atoms with Gasteiger partial charge in [-0.25, -0.2) is 14.8 Å². The van der Waals surface area contributed by atoms with Crippen molar-refractivity contribution < 1.29 is 19.4 Å². The fourth-order valence-electron chi connectivity index (χ4n) is 1.95. The van der Waals surface area contributed by atoms with E-state index >= 15 is 0 Å². The van der Waals surface area contributed by atoms with Crippen molar-refractivity contribution in [2.45, 2.75) is 19.8 Å². The van der Waals surface area contributed by atoms with Gasteiger partial charge in [-0.2, -0.15) is 0 Å². The number of aliphatic carboxylic acids is 1. The molecule has 0 aliphatic rings. The van der Waals surface area contributed by atoms with Gasteiger partial charge in [0, 0.05) is 11.9 Å². The molecule has 0 saturated heterocycles. The van der Waals surface area contributed by atoms with Crippen molar-refractivity contribution in [3.8, 4) is 5.75 Å². The highest BCUT2D eigenvalue weighted by Gasteiger charge is 2.15. The van der Waals surface area contributed by atoms with Gasteiger partial charge in [-0.3, -0.25) is 4.79 Å². The molecule has 1 aromatic heterocycles. The second-order valence-electron chi connectivity index (χ2n) is 5.14. The first kappa shape index (κ1) is 16.4. The zero-order chi connectivity index (χ0) is 16.8. The van der Waals surface area contributed by atoms with Crippen LogP contribution >= 0.6 is 0 Å². The smallest absolute Gasteiger partial charge is 0.341 e. The highest BCUT2D eigenvalue weighted by Crippen LogP contribution is 2.19. The molecule has 1 aromatic carbocycles. The van der Waals surface area contributed by atoms with E-state index in [9.17, 15) is 9.59 Å². The fraction of sp³-hybridized carbons (Fsp3) is 0.250. The number of benzene rings is 1. The minimum absolute atomic E-state index is 0.102.